The average Bonchev–Trinajstić information content (AvgIpc) is 3.37. The van der Waals surface area contributed by atoms with Crippen molar-refractivity contribution in [1.29, 1.82) is 5.26 Å². The number of nitrogens with zero attached hydrogens (tertiary/aromatic N) is 5. The van der Waals surface area contributed by atoms with E-state index in [9.17, 15) is 5.26 Å². The first kappa shape index (κ1) is 25.5. The van der Waals surface area contributed by atoms with Gasteiger partial charge >= 0.3 is 6.19 Å². The van der Waals surface area contributed by atoms with Crippen LogP contribution in [0.1, 0.15) is 16.7 Å². The fourth-order valence-electron chi connectivity index (χ4n) is 4.94. The SMILES string of the molecule is COc1cccc(C2=N[N+]3(C#N)C(=N2)C=Cc2cc(N4CCOCC4)cc(NCc4ccccc4)c23)c1.Cl. The van der Waals surface area contributed by atoms with Gasteiger partial charge in [-0.25, -0.2) is 0 Å². The molecule has 1 atom stereocenters. The van der Waals surface area contributed by atoms with Gasteiger partial charge in [0.1, 0.15) is 11.4 Å². The molecule has 0 radical (unpaired) electrons. The molecule has 3 aliphatic rings. The van der Waals surface area contributed by atoms with Crippen LogP contribution in [0, 0.1) is 11.5 Å². The summed E-state index contributed by atoms with van der Waals surface area (Å²) >= 11 is 0. The van der Waals surface area contributed by atoms with Crippen molar-refractivity contribution in [1.82, 2.24) is 4.59 Å². The van der Waals surface area contributed by atoms with E-state index >= 15 is 0 Å². The fourth-order valence-corrected chi connectivity index (χ4v) is 4.94. The van der Waals surface area contributed by atoms with Crippen LogP contribution in [0.3, 0.4) is 0 Å². The molecule has 0 spiro atoms. The van der Waals surface area contributed by atoms with Gasteiger partial charge in [-0.1, -0.05) is 42.5 Å². The minimum atomic E-state index is -0.362. The number of halogens is 1. The van der Waals surface area contributed by atoms with Crippen molar-refractivity contribution in [3.05, 3.63) is 89.5 Å². The number of fused-ring (bicyclic) bond motifs is 3. The van der Waals surface area contributed by atoms with Gasteiger partial charge in [0.25, 0.3) is 5.84 Å². The zero-order valence-electron chi connectivity index (χ0n) is 21.0. The van der Waals surface area contributed by atoms with E-state index in [-0.39, 0.29) is 17.0 Å². The fraction of sp³-hybridized carbons (Fsp3) is 0.207. The third-order valence-electron chi connectivity index (χ3n) is 6.83. The maximum absolute atomic E-state index is 10.6. The highest BCUT2D eigenvalue weighted by atomic mass is 35.5. The Morgan fingerprint density at radius 1 is 1.05 bits per heavy atom. The van der Waals surface area contributed by atoms with Crippen molar-refractivity contribution < 1.29 is 9.47 Å². The van der Waals surface area contributed by atoms with Crippen LogP contribution in [0.25, 0.3) is 6.08 Å². The molecule has 1 fully saturated rings. The monoisotopic (exact) mass is 527 g/mol. The first-order valence-electron chi connectivity index (χ1n) is 12.3. The second-order valence-electron chi connectivity index (χ2n) is 9.06. The van der Waals surface area contributed by atoms with Crippen LogP contribution in [0.2, 0.25) is 0 Å². The Morgan fingerprint density at radius 2 is 1.87 bits per heavy atom. The number of quaternary nitrogens is 1. The molecule has 3 aromatic rings. The predicted molar refractivity (Wildman–Crippen MR) is 154 cm³/mol. The van der Waals surface area contributed by atoms with Crippen LogP contribution >= 0.6 is 12.4 Å². The third kappa shape index (κ3) is 4.52. The summed E-state index contributed by atoms with van der Waals surface area (Å²) in [5, 5.41) is 19.1. The summed E-state index contributed by atoms with van der Waals surface area (Å²) in [7, 11) is 1.63. The summed E-state index contributed by atoms with van der Waals surface area (Å²) in [5.74, 6) is 1.78. The summed E-state index contributed by atoms with van der Waals surface area (Å²) in [6.45, 7) is 3.66. The van der Waals surface area contributed by atoms with Crippen molar-refractivity contribution in [2.75, 3.05) is 43.6 Å². The number of nitrogens with one attached hydrogen (secondary N) is 1. The molecule has 3 heterocycles. The number of aliphatic imine (C=N–C) groups is 1. The number of benzene rings is 3. The van der Waals surface area contributed by atoms with Crippen molar-refractivity contribution in [2.45, 2.75) is 6.54 Å². The zero-order valence-corrected chi connectivity index (χ0v) is 21.8. The van der Waals surface area contributed by atoms with E-state index in [0.29, 0.717) is 37.2 Å². The minimum Gasteiger partial charge on any atom is -0.497 e. The van der Waals surface area contributed by atoms with E-state index in [4.69, 9.17) is 19.6 Å². The molecule has 0 amide bonds. The van der Waals surface area contributed by atoms with Gasteiger partial charge in [-0.2, -0.15) is 4.99 Å². The molecule has 3 aliphatic heterocycles. The van der Waals surface area contributed by atoms with Gasteiger partial charge in [0.15, 0.2) is 0 Å². The zero-order chi connectivity index (χ0) is 25.2. The van der Waals surface area contributed by atoms with E-state index in [1.54, 1.807) is 7.11 Å². The summed E-state index contributed by atoms with van der Waals surface area (Å²) < 4.78 is 10.6. The lowest BCUT2D eigenvalue weighted by Gasteiger charge is -2.31. The first-order chi connectivity index (χ1) is 18.2. The molecule has 0 aliphatic carbocycles. The lowest BCUT2D eigenvalue weighted by Crippen LogP contribution is -2.44. The molecular formula is C29H28ClN6O2+. The van der Waals surface area contributed by atoms with Crippen LogP contribution in [-0.2, 0) is 11.3 Å². The minimum absolute atomic E-state index is 0. The Labute approximate surface area is 228 Å². The standard InChI is InChI=1S/C29H27N6O2.ClH/c1-36-25-9-5-8-23(17-25)29-32-27-11-10-22-16-24(34-12-14-37-15-13-34)18-26(28(22)35(27,20-30)33-29)31-19-21-6-3-2-4-7-21;/h2-11,16-18,31H,12-15,19H2,1H3;1H/q+1;. The highest BCUT2D eigenvalue weighted by Gasteiger charge is 2.49. The summed E-state index contributed by atoms with van der Waals surface area (Å²) in [6.07, 6.45) is 6.39. The van der Waals surface area contributed by atoms with E-state index in [1.807, 2.05) is 54.6 Å². The second-order valence-corrected chi connectivity index (χ2v) is 9.06. The van der Waals surface area contributed by atoms with Crippen molar-refractivity contribution in [3.8, 4) is 11.9 Å². The number of methoxy groups -OCH3 is 1. The molecule has 38 heavy (non-hydrogen) atoms. The topological polar surface area (TPSA) is 82.2 Å². The van der Waals surface area contributed by atoms with Gasteiger partial charge in [-0.05, 0) is 45.6 Å². The Bertz CT molecular complexity index is 1470. The van der Waals surface area contributed by atoms with Crippen LogP contribution in [-0.4, -0.2) is 45.1 Å². The second kappa shape index (κ2) is 10.7. The molecule has 1 N–H and O–H groups in total. The van der Waals surface area contributed by atoms with Crippen LogP contribution in [0.15, 0.2) is 82.9 Å². The van der Waals surface area contributed by atoms with Crippen LogP contribution < -0.4 is 19.5 Å². The molecule has 192 valence electrons. The molecule has 6 rings (SSSR count). The molecule has 1 unspecified atom stereocenters. The highest BCUT2D eigenvalue weighted by Crippen LogP contribution is 2.45. The molecule has 1 saturated heterocycles. The van der Waals surface area contributed by atoms with Crippen LogP contribution in [0.4, 0.5) is 17.1 Å². The highest BCUT2D eigenvalue weighted by molar-refractivity contribution is 6.22. The molecule has 0 saturated carbocycles. The van der Waals surface area contributed by atoms with E-state index in [0.717, 1.165) is 46.8 Å². The lowest BCUT2D eigenvalue weighted by atomic mass is 10.0. The summed E-state index contributed by atoms with van der Waals surface area (Å²) in [5.41, 5.74) is 5.61. The summed E-state index contributed by atoms with van der Waals surface area (Å²) in [6, 6.07) is 22.1. The van der Waals surface area contributed by atoms with E-state index in [2.05, 4.69) is 40.7 Å². The van der Waals surface area contributed by atoms with Gasteiger partial charge in [0.2, 0.25) is 11.5 Å². The summed E-state index contributed by atoms with van der Waals surface area (Å²) in [4.78, 5) is 7.11. The largest absolute Gasteiger partial charge is 0.497 e. The molecule has 0 bridgehead atoms. The normalized spacial score (nSPS) is 19.3. The smallest absolute Gasteiger partial charge is 0.351 e. The maximum Gasteiger partial charge on any atom is 0.351 e. The number of ether oxygens (including phenoxy) is 2. The number of anilines is 2. The maximum atomic E-state index is 10.6. The quantitative estimate of drug-likeness (QED) is 0.354. The third-order valence-corrected chi connectivity index (χ3v) is 6.83. The van der Waals surface area contributed by atoms with E-state index in [1.165, 1.54) is 0 Å². The first-order valence-corrected chi connectivity index (χ1v) is 12.3. The van der Waals surface area contributed by atoms with Crippen molar-refractivity contribution in [2.24, 2.45) is 10.1 Å². The van der Waals surface area contributed by atoms with Crippen molar-refractivity contribution >= 4 is 47.2 Å². The lowest BCUT2D eigenvalue weighted by molar-refractivity contribution is 0.122. The van der Waals surface area contributed by atoms with E-state index < -0.39 is 0 Å². The molecule has 3 aromatic carbocycles. The number of hydrogen-bond donors (Lipinski definition) is 1. The van der Waals surface area contributed by atoms with Gasteiger partial charge in [-0.3, -0.25) is 0 Å². The Balaban J connectivity index is 0.00000294. The number of nitriles is 1. The molecule has 8 nitrogen and oxygen atoms in total. The predicted octanol–water partition coefficient (Wildman–Crippen LogP) is 5.15. The molecule has 0 aromatic heterocycles. The Kier molecular flexibility index (Phi) is 7.16. The number of hydrogen-bond acceptors (Lipinski definition) is 7. The number of rotatable bonds is 6. The van der Waals surface area contributed by atoms with Gasteiger partial charge in [-0.15, -0.1) is 17.7 Å². The Morgan fingerprint density at radius 3 is 2.63 bits per heavy atom. The van der Waals surface area contributed by atoms with Crippen LogP contribution in [0.5, 0.6) is 5.75 Å². The average molecular weight is 528 g/mol. The number of morpholine rings is 1. The van der Waals surface area contributed by atoms with Crippen molar-refractivity contribution in [3.63, 3.8) is 0 Å². The van der Waals surface area contributed by atoms with Gasteiger partial charge < -0.3 is 19.7 Å². The molecular weight excluding hydrogens is 500 g/mol. The molecule has 9 heteroatoms. The number of amidine groups is 2. The Hall–Kier alpha value is -4.16. The van der Waals surface area contributed by atoms with Gasteiger partial charge in [0.05, 0.1) is 20.3 Å². The van der Waals surface area contributed by atoms with Gasteiger partial charge in [0, 0.05) is 42.5 Å².